The maximum atomic E-state index is 3.68. The van der Waals surface area contributed by atoms with E-state index in [4.69, 9.17) is 0 Å². The quantitative estimate of drug-likeness (QED) is 0.845. The molecule has 0 spiro atoms. The fraction of sp³-hybridized carbons (Fsp3) is 0.684. The fourth-order valence-electron chi connectivity index (χ4n) is 3.62. The third kappa shape index (κ3) is 4.55. The first-order valence-electron chi connectivity index (χ1n) is 8.61. The molecule has 0 amide bonds. The molecule has 0 radical (unpaired) electrons. The zero-order valence-corrected chi connectivity index (χ0v) is 14.2. The molecule has 0 aliphatic heterocycles. The Morgan fingerprint density at radius 1 is 1.19 bits per heavy atom. The summed E-state index contributed by atoms with van der Waals surface area (Å²) in [4.78, 5) is 2.59. The minimum atomic E-state index is 0.445. The van der Waals surface area contributed by atoms with Crippen molar-refractivity contribution in [3.8, 4) is 0 Å². The molecule has 1 aromatic rings. The molecule has 21 heavy (non-hydrogen) atoms. The summed E-state index contributed by atoms with van der Waals surface area (Å²) in [5, 5.41) is 3.68. The Morgan fingerprint density at radius 2 is 1.86 bits per heavy atom. The topological polar surface area (TPSA) is 15.3 Å². The van der Waals surface area contributed by atoms with Crippen LogP contribution in [0.4, 0.5) is 0 Å². The summed E-state index contributed by atoms with van der Waals surface area (Å²) in [5.74, 6) is 0.926. The first-order valence-corrected chi connectivity index (χ1v) is 8.61. The second-order valence-corrected chi connectivity index (χ2v) is 6.82. The number of benzene rings is 1. The van der Waals surface area contributed by atoms with Crippen LogP contribution in [0.15, 0.2) is 24.3 Å². The molecule has 2 heteroatoms. The normalized spacial score (nSPS) is 24.2. The van der Waals surface area contributed by atoms with Crippen LogP contribution in [-0.4, -0.2) is 31.1 Å². The summed E-state index contributed by atoms with van der Waals surface area (Å²) in [5.41, 5.74) is 2.85. The molecule has 0 aromatic heterocycles. The molecule has 1 fully saturated rings. The van der Waals surface area contributed by atoms with E-state index in [1.54, 1.807) is 0 Å². The SMILES string of the molecule is CCNC(CN(C)C1CCC(C)CC1)c1ccccc1C. The van der Waals surface area contributed by atoms with Gasteiger partial charge in [0.1, 0.15) is 0 Å². The van der Waals surface area contributed by atoms with Crippen LogP contribution in [0.2, 0.25) is 0 Å². The highest BCUT2D eigenvalue weighted by molar-refractivity contribution is 5.29. The maximum Gasteiger partial charge on any atom is 0.0451 e. The third-order valence-electron chi connectivity index (χ3n) is 5.09. The molecule has 0 heterocycles. The van der Waals surface area contributed by atoms with Crippen LogP contribution in [-0.2, 0) is 0 Å². The Morgan fingerprint density at radius 3 is 2.48 bits per heavy atom. The monoisotopic (exact) mass is 288 g/mol. The van der Waals surface area contributed by atoms with Crippen LogP contribution in [0, 0.1) is 12.8 Å². The van der Waals surface area contributed by atoms with E-state index in [1.165, 1.54) is 36.8 Å². The third-order valence-corrected chi connectivity index (χ3v) is 5.09. The predicted octanol–water partition coefficient (Wildman–Crippen LogP) is 4.16. The minimum Gasteiger partial charge on any atom is -0.309 e. The molecule has 2 rings (SSSR count). The van der Waals surface area contributed by atoms with Crippen molar-refractivity contribution >= 4 is 0 Å². The van der Waals surface area contributed by atoms with E-state index in [1.807, 2.05) is 0 Å². The average Bonchev–Trinajstić information content (AvgIpc) is 2.48. The standard InChI is InChI=1S/C19H32N2/c1-5-20-19(18-9-7-6-8-16(18)3)14-21(4)17-12-10-15(2)11-13-17/h6-9,15,17,19-20H,5,10-14H2,1-4H3. The van der Waals surface area contributed by atoms with Gasteiger partial charge in [-0.3, -0.25) is 0 Å². The molecule has 118 valence electrons. The highest BCUT2D eigenvalue weighted by atomic mass is 15.2. The second-order valence-electron chi connectivity index (χ2n) is 6.82. The highest BCUT2D eigenvalue weighted by Gasteiger charge is 2.24. The first kappa shape index (κ1) is 16.5. The van der Waals surface area contributed by atoms with E-state index >= 15 is 0 Å². The van der Waals surface area contributed by atoms with Gasteiger partial charge >= 0.3 is 0 Å². The van der Waals surface area contributed by atoms with E-state index in [9.17, 15) is 0 Å². The minimum absolute atomic E-state index is 0.445. The lowest BCUT2D eigenvalue weighted by atomic mass is 9.86. The molecule has 1 aliphatic carbocycles. The van der Waals surface area contributed by atoms with Crippen molar-refractivity contribution in [1.29, 1.82) is 0 Å². The number of nitrogens with zero attached hydrogens (tertiary/aromatic N) is 1. The van der Waals surface area contributed by atoms with Gasteiger partial charge in [0.2, 0.25) is 0 Å². The van der Waals surface area contributed by atoms with Crippen LogP contribution in [0.1, 0.15) is 56.7 Å². The van der Waals surface area contributed by atoms with Crippen molar-refractivity contribution in [2.75, 3.05) is 20.1 Å². The van der Waals surface area contributed by atoms with E-state index in [-0.39, 0.29) is 0 Å². The Hall–Kier alpha value is -0.860. The zero-order chi connectivity index (χ0) is 15.2. The van der Waals surface area contributed by atoms with Crippen molar-refractivity contribution in [2.45, 2.75) is 58.5 Å². The van der Waals surface area contributed by atoms with Gasteiger partial charge in [-0.25, -0.2) is 0 Å². The van der Waals surface area contributed by atoms with Gasteiger partial charge in [0.25, 0.3) is 0 Å². The Kier molecular flexibility index (Phi) is 6.25. The van der Waals surface area contributed by atoms with Gasteiger partial charge in [-0.2, -0.15) is 0 Å². The fourth-order valence-corrected chi connectivity index (χ4v) is 3.62. The Bertz CT molecular complexity index is 421. The highest BCUT2D eigenvalue weighted by Crippen LogP contribution is 2.28. The van der Waals surface area contributed by atoms with E-state index in [0.717, 1.165) is 25.0 Å². The van der Waals surface area contributed by atoms with Gasteiger partial charge in [-0.1, -0.05) is 38.1 Å². The lowest BCUT2D eigenvalue weighted by Gasteiger charge is -2.36. The molecule has 1 aliphatic rings. The van der Waals surface area contributed by atoms with Crippen molar-refractivity contribution < 1.29 is 0 Å². The number of rotatable bonds is 6. The molecule has 1 atom stereocenters. The van der Waals surface area contributed by atoms with E-state index < -0.39 is 0 Å². The largest absolute Gasteiger partial charge is 0.309 e. The molecule has 1 saturated carbocycles. The molecule has 2 nitrogen and oxygen atoms in total. The summed E-state index contributed by atoms with van der Waals surface area (Å²) in [6.45, 7) is 8.95. The van der Waals surface area contributed by atoms with Crippen molar-refractivity contribution in [3.05, 3.63) is 35.4 Å². The van der Waals surface area contributed by atoms with Crippen LogP contribution >= 0.6 is 0 Å². The lowest BCUT2D eigenvalue weighted by molar-refractivity contribution is 0.156. The number of likely N-dealkylation sites (N-methyl/N-ethyl adjacent to an activating group) is 2. The number of nitrogens with one attached hydrogen (secondary N) is 1. The summed E-state index contributed by atoms with van der Waals surface area (Å²) in [6, 6.07) is 10.0. The molecule has 1 N–H and O–H groups in total. The maximum absolute atomic E-state index is 3.68. The zero-order valence-electron chi connectivity index (χ0n) is 14.2. The second kappa shape index (κ2) is 7.95. The molecular weight excluding hydrogens is 256 g/mol. The number of hydrogen-bond acceptors (Lipinski definition) is 2. The summed E-state index contributed by atoms with van der Waals surface area (Å²) >= 11 is 0. The van der Waals surface area contributed by atoms with Crippen LogP contribution in [0.5, 0.6) is 0 Å². The lowest BCUT2D eigenvalue weighted by Crippen LogP contribution is -2.40. The average molecular weight is 288 g/mol. The van der Waals surface area contributed by atoms with Crippen LogP contribution in [0.3, 0.4) is 0 Å². The summed E-state index contributed by atoms with van der Waals surface area (Å²) in [6.07, 6.45) is 5.52. The number of aryl methyl sites for hydroxylation is 1. The van der Waals surface area contributed by atoms with Gasteiger partial charge in [-0.05, 0) is 63.2 Å². The Labute approximate surface area is 130 Å². The van der Waals surface area contributed by atoms with Crippen molar-refractivity contribution in [2.24, 2.45) is 5.92 Å². The van der Waals surface area contributed by atoms with Gasteiger partial charge in [-0.15, -0.1) is 0 Å². The Balaban J connectivity index is 2.01. The molecule has 1 unspecified atom stereocenters. The van der Waals surface area contributed by atoms with Gasteiger partial charge in [0.05, 0.1) is 0 Å². The summed E-state index contributed by atoms with van der Waals surface area (Å²) in [7, 11) is 2.31. The van der Waals surface area contributed by atoms with E-state index in [2.05, 4.69) is 62.3 Å². The van der Waals surface area contributed by atoms with Crippen LogP contribution < -0.4 is 5.32 Å². The van der Waals surface area contributed by atoms with Crippen LogP contribution in [0.25, 0.3) is 0 Å². The molecule has 0 saturated heterocycles. The van der Waals surface area contributed by atoms with Gasteiger partial charge < -0.3 is 10.2 Å². The number of hydrogen-bond donors (Lipinski definition) is 1. The molecular formula is C19H32N2. The van der Waals surface area contributed by atoms with E-state index in [0.29, 0.717) is 6.04 Å². The van der Waals surface area contributed by atoms with Crippen molar-refractivity contribution in [3.63, 3.8) is 0 Å². The van der Waals surface area contributed by atoms with Gasteiger partial charge in [0, 0.05) is 18.6 Å². The molecule has 0 bridgehead atoms. The predicted molar refractivity (Wildman–Crippen MR) is 91.6 cm³/mol. The summed E-state index contributed by atoms with van der Waals surface area (Å²) < 4.78 is 0. The smallest absolute Gasteiger partial charge is 0.0451 e. The van der Waals surface area contributed by atoms with Gasteiger partial charge in [0.15, 0.2) is 0 Å². The first-order chi connectivity index (χ1) is 10.1. The van der Waals surface area contributed by atoms with Crippen molar-refractivity contribution in [1.82, 2.24) is 10.2 Å². The molecule has 1 aromatic carbocycles.